The molecule has 0 radical (unpaired) electrons. The van der Waals surface area contributed by atoms with Gasteiger partial charge >= 0.3 is 5.97 Å². The number of carboxylic acid groups (broad SMARTS) is 1. The van der Waals surface area contributed by atoms with E-state index in [0.29, 0.717) is 5.71 Å². The average molecular weight is 424 g/mol. The van der Waals surface area contributed by atoms with Gasteiger partial charge in [0.1, 0.15) is 0 Å². The predicted octanol–water partition coefficient (Wildman–Crippen LogP) is 4.18. The van der Waals surface area contributed by atoms with Gasteiger partial charge in [-0.1, -0.05) is 47.1 Å². The molecule has 6 nitrogen and oxygen atoms in total. The Balaban J connectivity index is 1.35. The number of carboxylic acids is 1. The summed E-state index contributed by atoms with van der Waals surface area (Å²) in [5.41, 5.74) is 5.07. The smallest absolute Gasteiger partial charge is 0.303 e. The number of aliphatic carboxylic acids is 1. The first-order valence-electron chi connectivity index (χ1n) is 11.1. The van der Waals surface area contributed by atoms with Gasteiger partial charge in [0.15, 0.2) is 0 Å². The molecule has 0 saturated carbocycles. The maximum atomic E-state index is 10.7. The second kappa shape index (κ2) is 11.5. The van der Waals surface area contributed by atoms with E-state index in [9.17, 15) is 4.79 Å². The van der Waals surface area contributed by atoms with E-state index in [-0.39, 0.29) is 12.8 Å². The van der Waals surface area contributed by atoms with Crippen LogP contribution in [-0.4, -0.2) is 59.6 Å². The lowest BCUT2D eigenvalue weighted by Crippen LogP contribution is -2.46. The number of carbonyl (C=O) groups is 1. The first-order valence-corrected chi connectivity index (χ1v) is 11.1. The minimum Gasteiger partial charge on any atom is -0.481 e. The molecule has 3 rings (SSSR count). The second-order valence-corrected chi connectivity index (χ2v) is 8.26. The Bertz CT molecular complexity index is 855. The lowest BCUT2D eigenvalue weighted by Gasteiger charge is -2.36. The van der Waals surface area contributed by atoms with E-state index >= 15 is 0 Å². The van der Waals surface area contributed by atoms with Crippen molar-refractivity contribution in [3.63, 3.8) is 0 Å². The molecule has 1 heterocycles. The number of oxime groups is 1. The number of rotatable bonds is 10. The van der Waals surface area contributed by atoms with E-state index in [4.69, 9.17) is 10.3 Å². The van der Waals surface area contributed by atoms with Crippen LogP contribution in [0, 0.1) is 6.92 Å². The third-order valence-corrected chi connectivity index (χ3v) is 5.94. The number of anilines is 1. The molecule has 0 atom stereocenters. The quantitative estimate of drug-likeness (QED) is 0.259. The molecule has 1 aliphatic rings. The first-order chi connectivity index (χ1) is 15.0. The Hall–Kier alpha value is -2.86. The van der Waals surface area contributed by atoms with Gasteiger partial charge in [-0.05, 0) is 56.0 Å². The van der Waals surface area contributed by atoms with Crippen molar-refractivity contribution in [2.45, 2.75) is 39.0 Å². The van der Waals surface area contributed by atoms with Gasteiger partial charge in [0.2, 0.25) is 0 Å². The number of nitrogens with zero attached hydrogens (tertiary/aromatic N) is 3. The summed E-state index contributed by atoms with van der Waals surface area (Å²) in [7, 11) is 0. The molecule has 0 amide bonds. The monoisotopic (exact) mass is 423 g/mol. The van der Waals surface area contributed by atoms with Crippen molar-refractivity contribution >= 4 is 17.4 Å². The molecular formula is C25H33N3O3. The van der Waals surface area contributed by atoms with Crippen LogP contribution in [0.3, 0.4) is 0 Å². The third-order valence-electron chi connectivity index (χ3n) is 5.94. The maximum absolute atomic E-state index is 10.7. The van der Waals surface area contributed by atoms with Crippen LogP contribution >= 0.6 is 0 Å². The Morgan fingerprint density at radius 2 is 1.61 bits per heavy atom. The zero-order valence-electron chi connectivity index (χ0n) is 18.3. The highest BCUT2D eigenvalue weighted by atomic mass is 16.4. The molecule has 0 spiro atoms. The number of hydrogen-bond acceptors (Lipinski definition) is 5. The summed E-state index contributed by atoms with van der Waals surface area (Å²) in [5, 5.41) is 21.2. The maximum Gasteiger partial charge on any atom is 0.303 e. The summed E-state index contributed by atoms with van der Waals surface area (Å²) < 4.78 is 0. The molecule has 0 aromatic heterocycles. The van der Waals surface area contributed by atoms with Crippen LogP contribution in [0.1, 0.15) is 42.4 Å². The van der Waals surface area contributed by atoms with E-state index in [1.54, 1.807) is 0 Å². The fourth-order valence-electron chi connectivity index (χ4n) is 3.99. The predicted molar refractivity (Wildman–Crippen MR) is 124 cm³/mol. The van der Waals surface area contributed by atoms with Gasteiger partial charge in [0, 0.05) is 38.3 Å². The highest BCUT2D eigenvalue weighted by Gasteiger charge is 2.16. The topological polar surface area (TPSA) is 76.4 Å². The van der Waals surface area contributed by atoms with Gasteiger partial charge in [-0.2, -0.15) is 0 Å². The number of benzene rings is 2. The van der Waals surface area contributed by atoms with E-state index < -0.39 is 5.97 Å². The highest BCUT2D eigenvalue weighted by molar-refractivity contribution is 6.01. The highest BCUT2D eigenvalue weighted by Crippen LogP contribution is 2.17. The molecule has 31 heavy (non-hydrogen) atoms. The Labute approximate surface area is 184 Å². The normalized spacial score (nSPS) is 15.3. The lowest BCUT2D eigenvalue weighted by atomic mass is 10.0. The zero-order valence-corrected chi connectivity index (χ0v) is 18.3. The first kappa shape index (κ1) is 22.8. The van der Waals surface area contributed by atoms with E-state index in [1.807, 2.05) is 24.3 Å². The summed E-state index contributed by atoms with van der Waals surface area (Å²) in [6, 6.07) is 16.7. The van der Waals surface area contributed by atoms with Gasteiger partial charge in [-0.15, -0.1) is 0 Å². The van der Waals surface area contributed by atoms with Crippen molar-refractivity contribution in [2.75, 3.05) is 37.6 Å². The summed E-state index contributed by atoms with van der Waals surface area (Å²) in [4.78, 5) is 15.7. The molecule has 0 unspecified atom stereocenters. The zero-order chi connectivity index (χ0) is 22.1. The van der Waals surface area contributed by atoms with Crippen LogP contribution in [0.5, 0.6) is 0 Å². The molecular weight excluding hydrogens is 390 g/mol. The van der Waals surface area contributed by atoms with Crippen LogP contribution in [0.25, 0.3) is 0 Å². The summed E-state index contributed by atoms with van der Waals surface area (Å²) in [6.45, 7) is 7.65. The van der Waals surface area contributed by atoms with Crippen LogP contribution in [0.4, 0.5) is 5.69 Å². The molecule has 0 bridgehead atoms. The second-order valence-electron chi connectivity index (χ2n) is 8.26. The van der Waals surface area contributed by atoms with Crippen molar-refractivity contribution in [3.05, 3.63) is 65.2 Å². The minimum absolute atomic E-state index is 0.0412. The van der Waals surface area contributed by atoms with Crippen LogP contribution in [0.15, 0.2) is 53.7 Å². The molecule has 1 aliphatic heterocycles. The van der Waals surface area contributed by atoms with E-state index in [0.717, 1.165) is 51.1 Å². The molecule has 166 valence electrons. The average Bonchev–Trinajstić information content (AvgIpc) is 2.79. The Kier molecular flexibility index (Phi) is 8.47. The number of hydrogen-bond donors (Lipinski definition) is 2. The number of unbranched alkanes of at least 4 members (excludes halogenated alkanes) is 1. The van der Waals surface area contributed by atoms with Gasteiger partial charge < -0.3 is 15.2 Å². The summed E-state index contributed by atoms with van der Waals surface area (Å²) in [6.07, 6.45) is 3.51. The SMILES string of the molecule is Cc1ccc(N2CCN(CCCCc3ccc(C(CCC(=O)O)=NO)cc3)CC2)cc1. The van der Waals surface area contributed by atoms with E-state index in [1.165, 1.54) is 23.2 Å². The lowest BCUT2D eigenvalue weighted by molar-refractivity contribution is -0.136. The van der Waals surface area contributed by atoms with Gasteiger partial charge in [0.25, 0.3) is 0 Å². The Morgan fingerprint density at radius 1 is 0.935 bits per heavy atom. The van der Waals surface area contributed by atoms with Gasteiger partial charge in [-0.3, -0.25) is 9.69 Å². The minimum atomic E-state index is -0.894. The molecule has 0 aliphatic carbocycles. The van der Waals surface area contributed by atoms with Crippen molar-refractivity contribution in [1.29, 1.82) is 0 Å². The fraction of sp³-hybridized carbons (Fsp3) is 0.440. The fourth-order valence-corrected chi connectivity index (χ4v) is 3.99. The number of aryl methyl sites for hydroxylation is 2. The van der Waals surface area contributed by atoms with Gasteiger partial charge in [0.05, 0.1) is 12.1 Å². The van der Waals surface area contributed by atoms with Crippen LogP contribution in [0.2, 0.25) is 0 Å². The number of piperazine rings is 1. The molecule has 1 saturated heterocycles. The standard InChI is InChI=1S/C25H33N3O3/c1-20-5-11-23(12-6-20)28-18-16-27(17-19-28)15-3-2-4-21-7-9-22(10-8-21)24(26-31)13-14-25(29)30/h5-12,31H,2-4,13-19H2,1H3,(H,29,30). The van der Waals surface area contributed by atoms with Crippen molar-refractivity contribution in [3.8, 4) is 0 Å². The third kappa shape index (κ3) is 7.10. The largest absolute Gasteiger partial charge is 0.481 e. The molecule has 1 fully saturated rings. The molecule has 2 N–H and O–H groups in total. The van der Waals surface area contributed by atoms with Crippen LogP contribution in [-0.2, 0) is 11.2 Å². The molecule has 6 heteroatoms. The van der Waals surface area contributed by atoms with Crippen LogP contribution < -0.4 is 4.90 Å². The van der Waals surface area contributed by atoms with E-state index in [2.05, 4.69) is 46.1 Å². The molecule has 2 aromatic carbocycles. The van der Waals surface area contributed by atoms with Crippen molar-refractivity contribution in [1.82, 2.24) is 4.90 Å². The van der Waals surface area contributed by atoms with Gasteiger partial charge in [-0.25, -0.2) is 0 Å². The summed E-state index contributed by atoms with van der Waals surface area (Å²) >= 11 is 0. The van der Waals surface area contributed by atoms with Crippen molar-refractivity contribution in [2.24, 2.45) is 5.16 Å². The summed E-state index contributed by atoms with van der Waals surface area (Å²) in [5.74, 6) is -0.894. The molecule has 2 aromatic rings. The Morgan fingerprint density at radius 3 is 2.23 bits per heavy atom. The van der Waals surface area contributed by atoms with Crippen molar-refractivity contribution < 1.29 is 15.1 Å².